The molecule has 0 saturated carbocycles. The van der Waals surface area contributed by atoms with Crippen molar-refractivity contribution in [1.29, 1.82) is 0 Å². The predicted octanol–water partition coefficient (Wildman–Crippen LogP) is -3.36. The van der Waals surface area contributed by atoms with Crippen LogP contribution in [0.4, 0.5) is 0 Å². The second-order valence-corrected chi connectivity index (χ2v) is 7.52. The molecule has 0 saturated heterocycles. The first-order valence-electron chi connectivity index (χ1n) is 1.60. The third-order valence-corrected chi connectivity index (χ3v) is 4.41. The Morgan fingerprint density at radius 1 is 1.25 bits per heavy atom. The van der Waals surface area contributed by atoms with E-state index < -0.39 is 16.8 Å². The largest absolute Gasteiger partial charge is 1.00 e. The molecule has 0 atom stereocenters. The molecule has 0 unspecified atom stereocenters. The molecule has 0 aromatic rings. The first-order chi connectivity index (χ1) is 2.94. The van der Waals surface area contributed by atoms with E-state index in [2.05, 4.69) is 0 Å². The van der Waals surface area contributed by atoms with Crippen LogP contribution in [0.3, 0.4) is 0 Å². The molecule has 0 spiro atoms. The van der Waals surface area contributed by atoms with Gasteiger partial charge in [0.1, 0.15) is 0 Å². The van der Waals surface area contributed by atoms with Crippen molar-refractivity contribution in [3.05, 3.63) is 0 Å². The van der Waals surface area contributed by atoms with Crippen molar-refractivity contribution in [3.63, 3.8) is 0 Å². The zero-order valence-corrected chi connectivity index (χ0v) is 8.91. The monoisotopic (exact) mass is 168 g/mol. The van der Waals surface area contributed by atoms with Gasteiger partial charge in [-0.3, -0.25) is 0 Å². The molecule has 0 amide bonds. The summed E-state index contributed by atoms with van der Waals surface area (Å²) in [6.07, 6.45) is 3.15. The van der Waals surface area contributed by atoms with Crippen LogP contribution in [-0.4, -0.2) is 27.2 Å². The maximum Gasteiger partial charge on any atom is 1.00 e. The van der Waals surface area contributed by atoms with E-state index >= 15 is 0 Å². The Bertz CT molecular complexity index is 111. The summed E-state index contributed by atoms with van der Waals surface area (Å²) in [4.78, 5) is 25.0. The van der Waals surface area contributed by atoms with Gasteiger partial charge in [-0.15, -0.1) is 10.1 Å². The summed E-state index contributed by atoms with van der Waals surface area (Å²) in [6.45, 7) is -3.46. The summed E-state index contributed by atoms with van der Waals surface area (Å²) in [6, 6.07) is 0. The standard InChI is InChI=1S/C2H9O3PS.Na.H/c1-7(2)6(3,4)5;;/h3-5H,1-2H3;;/q;+1;-1. The second kappa shape index (κ2) is 4.47. The fourth-order valence-electron chi connectivity index (χ4n) is 0. The molecule has 0 aliphatic heterocycles. The molecule has 0 aliphatic rings. The number of hydrogen-bond acceptors (Lipinski definition) is 0. The van der Waals surface area contributed by atoms with Gasteiger partial charge in [-0.1, -0.05) is 0 Å². The Morgan fingerprint density at radius 3 is 1.38 bits per heavy atom. The Balaban J connectivity index is -0.000000180. The molecule has 0 aromatic heterocycles. The zero-order chi connectivity index (χ0) is 6.08. The van der Waals surface area contributed by atoms with Crippen LogP contribution in [0, 0.1) is 0 Å². The van der Waals surface area contributed by atoms with E-state index in [4.69, 9.17) is 14.7 Å². The van der Waals surface area contributed by atoms with Gasteiger partial charge < -0.3 is 16.1 Å². The molecular formula is C2H10NaO3PS. The molecule has 0 heterocycles. The quantitative estimate of drug-likeness (QED) is 0.261. The van der Waals surface area contributed by atoms with E-state index in [1.807, 2.05) is 0 Å². The van der Waals surface area contributed by atoms with Crippen LogP contribution in [0.2, 0.25) is 0 Å². The van der Waals surface area contributed by atoms with Gasteiger partial charge in [0.05, 0.1) is 0 Å². The van der Waals surface area contributed by atoms with Crippen molar-refractivity contribution in [2.75, 3.05) is 12.5 Å². The van der Waals surface area contributed by atoms with E-state index in [0.29, 0.717) is 0 Å². The van der Waals surface area contributed by atoms with Gasteiger partial charge in [-0.05, 0) is 12.5 Å². The van der Waals surface area contributed by atoms with Crippen molar-refractivity contribution in [2.24, 2.45) is 0 Å². The molecule has 3 N–H and O–H groups in total. The van der Waals surface area contributed by atoms with Gasteiger partial charge in [-0.25, -0.2) is 0 Å². The molecule has 8 heavy (non-hydrogen) atoms. The van der Waals surface area contributed by atoms with Crippen LogP contribution in [0.1, 0.15) is 1.43 Å². The number of rotatable bonds is 0. The first kappa shape index (κ1) is 12.3. The topological polar surface area (TPSA) is 60.7 Å². The van der Waals surface area contributed by atoms with Crippen LogP contribution in [0.25, 0.3) is 0 Å². The van der Waals surface area contributed by atoms with Gasteiger partial charge in [0.15, 0.2) is 0 Å². The van der Waals surface area contributed by atoms with E-state index in [1.165, 1.54) is 0 Å². The summed E-state index contributed by atoms with van der Waals surface area (Å²) in [5.41, 5.74) is 0. The summed E-state index contributed by atoms with van der Waals surface area (Å²) < 4.78 is 0. The van der Waals surface area contributed by atoms with Crippen molar-refractivity contribution >= 4 is 16.8 Å². The van der Waals surface area contributed by atoms with E-state index in [1.54, 1.807) is 12.5 Å². The van der Waals surface area contributed by atoms with E-state index in [9.17, 15) is 0 Å². The van der Waals surface area contributed by atoms with Crippen LogP contribution in [0.15, 0.2) is 0 Å². The van der Waals surface area contributed by atoms with Gasteiger partial charge in [0.25, 0.3) is 6.72 Å². The molecule has 3 nitrogen and oxygen atoms in total. The molecule has 0 bridgehead atoms. The minimum absolute atomic E-state index is 0. The van der Waals surface area contributed by atoms with Gasteiger partial charge >= 0.3 is 29.6 Å². The molecule has 0 radical (unpaired) electrons. The molecule has 0 fully saturated rings. The summed E-state index contributed by atoms with van der Waals surface area (Å²) >= 11 is 0. The van der Waals surface area contributed by atoms with Crippen molar-refractivity contribution in [1.82, 2.24) is 0 Å². The van der Waals surface area contributed by atoms with Gasteiger partial charge in [0, 0.05) is 0 Å². The second-order valence-electron chi connectivity index (χ2n) is 1.29. The van der Waals surface area contributed by atoms with Crippen LogP contribution in [-0.2, 0) is 10.1 Å². The van der Waals surface area contributed by atoms with Crippen molar-refractivity contribution < 1.29 is 45.7 Å². The summed E-state index contributed by atoms with van der Waals surface area (Å²) in [5.74, 6) is 0. The fraction of sp³-hybridized carbons (Fsp3) is 1.00. The summed E-state index contributed by atoms with van der Waals surface area (Å²) in [7, 11) is -0.655. The fourth-order valence-corrected chi connectivity index (χ4v) is 0. The smallest absolute Gasteiger partial charge is 1.00 e. The number of hydrogen-bond donors (Lipinski definition) is 3. The summed E-state index contributed by atoms with van der Waals surface area (Å²) in [5, 5.41) is 0. The molecular weight excluding hydrogens is 158 g/mol. The molecule has 0 aliphatic carbocycles. The van der Waals surface area contributed by atoms with Gasteiger partial charge in [-0.2, -0.15) is 0 Å². The third-order valence-electron chi connectivity index (χ3n) is 0.490. The van der Waals surface area contributed by atoms with Crippen molar-refractivity contribution in [3.8, 4) is 0 Å². The predicted molar refractivity (Wildman–Crippen MR) is 33.9 cm³/mol. The minimum atomic E-state index is -3.46. The Labute approximate surface area is 74.7 Å². The van der Waals surface area contributed by atoms with Gasteiger partial charge in [0.2, 0.25) is 0 Å². The third kappa shape index (κ3) is 5.79. The Hall–Kier alpha value is 1.66. The molecule has 0 rings (SSSR count). The normalized spacial score (nSPS) is 11.2. The molecule has 48 valence electrons. The molecule has 0 aromatic carbocycles. The Kier molecular flexibility index (Phi) is 6.90. The van der Waals surface area contributed by atoms with Crippen LogP contribution >= 0.6 is 6.72 Å². The van der Waals surface area contributed by atoms with Crippen molar-refractivity contribution in [2.45, 2.75) is 0 Å². The molecule has 6 heteroatoms. The van der Waals surface area contributed by atoms with E-state index in [-0.39, 0.29) is 31.0 Å². The maximum atomic E-state index is 8.33. The van der Waals surface area contributed by atoms with Crippen LogP contribution < -0.4 is 29.6 Å². The SMILES string of the molecule is CS(C)=P(O)(O)O.[H-].[Na+]. The van der Waals surface area contributed by atoms with E-state index in [0.717, 1.165) is 0 Å². The zero-order valence-electron chi connectivity index (χ0n) is 6.20. The Morgan fingerprint density at radius 2 is 1.38 bits per heavy atom. The average molecular weight is 168 g/mol. The average Bonchev–Trinajstić information content (AvgIpc) is 1.31. The minimum Gasteiger partial charge on any atom is -1.00 e. The first-order valence-corrected chi connectivity index (χ1v) is 5.89. The maximum absolute atomic E-state index is 8.33. The van der Waals surface area contributed by atoms with Crippen LogP contribution in [0.5, 0.6) is 0 Å².